The predicted molar refractivity (Wildman–Crippen MR) is 70.6 cm³/mol. The lowest BCUT2D eigenvalue weighted by molar-refractivity contribution is 1.14. The maximum Gasteiger partial charge on any atom is 0.0669 e. The van der Waals surface area contributed by atoms with Gasteiger partial charge in [-0.25, -0.2) is 0 Å². The average Bonchev–Trinajstić information content (AvgIpc) is 2.40. The minimum absolute atomic E-state index is 0.464. The van der Waals surface area contributed by atoms with Crippen LogP contribution in [0.25, 0.3) is 11.1 Å². The number of hydrogen-bond acceptors (Lipinski definition) is 1. The predicted octanol–water partition coefficient (Wildman–Crippen LogP) is 3.98. The average molecular weight is 221 g/mol. The Morgan fingerprint density at radius 3 is 2.35 bits per heavy atom. The van der Waals surface area contributed by atoms with Gasteiger partial charge in [0.15, 0.2) is 0 Å². The molecule has 2 aromatic carbocycles. The van der Waals surface area contributed by atoms with Gasteiger partial charge in [-0.2, -0.15) is 5.26 Å². The van der Waals surface area contributed by atoms with Crippen molar-refractivity contribution in [1.82, 2.24) is 0 Å². The molecule has 0 heterocycles. The summed E-state index contributed by atoms with van der Waals surface area (Å²) in [6, 6.07) is 18.9. The van der Waals surface area contributed by atoms with Gasteiger partial charge in [0.25, 0.3) is 0 Å². The quantitative estimate of drug-likeness (QED) is 0.769. The van der Waals surface area contributed by atoms with E-state index in [9.17, 15) is 0 Å². The topological polar surface area (TPSA) is 23.8 Å². The molecule has 0 saturated carbocycles. The number of aryl methyl sites for hydroxylation is 1. The third kappa shape index (κ3) is 2.54. The summed E-state index contributed by atoms with van der Waals surface area (Å²) in [5, 5.41) is 8.82. The highest BCUT2D eigenvalue weighted by Gasteiger charge is 2.03. The first-order valence-electron chi connectivity index (χ1n) is 5.89. The van der Waals surface area contributed by atoms with Crippen LogP contribution in [-0.2, 0) is 12.8 Å². The number of rotatable bonds is 3. The highest BCUT2D eigenvalue weighted by Crippen LogP contribution is 2.24. The minimum Gasteiger partial charge on any atom is -0.198 e. The van der Waals surface area contributed by atoms with Gasteiger partial charge in [0.2, 0.25) is 0 Å². The van der Waals surface area contributed by atoms with Crippen molar-refractivity contribution in [2.45, 2.75) is 19.8 Å². The SMILES string of the molecule is CCc1ccc(-c2ccccc2CC#N)cc1. The lowest BCUT2D eigenvalue weighted by Gasteiger charge is -2.07. The lowest BCUT2D eigenvalue weighted by atomic mass is 9.97. The summed E-state index contributed by atoms with van der Waals surface area (Å²) in [6.07, 6.45) is 1.52. The standard InChI is InChI=1S/C16H15N/c1-2-13-7-9-15(10-8-13)16-6-4-3-5-14(16)11-12-17/h3-10H,2,11H2,1H3. The van der Waals surface area contributed by atoms with E-state index in [1.807, 2.05) is 18.2 Å². The molecule has 2 aromatic rings. The van der Waals surface area contributed by atoms with E-state index in [1.54, 1.807) is 0 Å². The van der Waals surface area contributed by atoms with Crippen LogP contribution in [0.3, 0.4) is 0 Å². The fraction of sp³-hybridized carbons (Fsp3) is 0.188. The molecule has 0 aromatic heterocycles. The molecule has 0 aliphatic carbocycles. The molecule has 1 heteroatoms. The van der Waals surface area contributed by atoms with E-state index in [0.717, 1.165) is 17.5 Å². The van der Waals surface area contributed by atoms with Crippen LogP contribution >= 0.6 is 0 Å². The Hall–Kier alpha value is -2.07. The molecular weight excluding hydrogens is 206 g/mol. The summed E-state index contributed by atoms with van der Waals surface area (Å²) in [7, 11) is 0. The molecule has 0 radical (unpaired) electrons. The van der Waals surface area contributed by atoms with Gasteiger partial charge in [-0.1, -0.05) is 55.5 Å². The Labute approximate surface area is 102 Å². The van der Waals surface area contributed by atoms with E-state index < -0.39 is 0 Å². The summed E-state index contributed by atoms with van der Waals surface area (Å²) in [5.41, 5.74) is 4.79. The van der Waals surface area contributed by atoms with Crippen molar-refractivity contribution in [3.8, 4) is 17.2 Å². The Balaban J connectivity index is 2.41. The van der Waals surface area contributed by atoms with Crippen molar-refractivity contribution in [1.29, 1.82) is 5.26 Å². The monoisotopic (exact) mass is 221 g/mol. The highest BCUT2D eigenvalue weighted by molar-refractivity contribution is 5.67. The van der Waals surface area contributed by atoms with Gasteiger partial charge in [-0.15, -0.1) is 0 Å². The number of hydrogen-bond donors (Lipinski definition) is 0. The summed E-state index contributed by atoms with van der Waals surface area (Å²) in [5.74, 6) is 0. The molecule has 0 aliphatic heterocycles. The van der Waals surface area contributed by atoms with Gasteiger partial charge in [0.1, 0.15) is 0 Å². The van der Waals surface area contributed by atoms with Gasteiger partial charge in [0.05, 0.1) is 12.5 Å². The fourth-order valence-electron chi connectivity index (χ4n) is 1.96. The van der Waals surface area contributed by atoms with Crippen molar-refractivity contribution < 1.29 is 0 Å². The van der Waals surface area contributed by atoms with Crippen molar-refractivity contribution in [2.75, 3.05) is 0 Å². The van der Waals surface area contributed by atoms with E-state index in [4.69, 9.17) is 5.26 Å². The van der Waals surface area contributed by atoms with Crippen LogP contribution < -0.4 is 0 Å². The third-order valence-corrected chi connectivity index (χ3v) is 2.96. The first-order chi connectivity index (χ1) is 8.35. The smallest absolute Gasteiger partial charge is 0.0669 e. The molecule has 0 amide bonds. The summed E-state index contributed by atoms with van der Waals surface area (Å²) in [6.45, 7) is 2.15. The van der Waals surface area contributed by atoms with Gasteiger partial charge < -0.3 is 0 Å². The van der Waals surface area contributed by atoms with Gasteiger partial charge >= 0.3 is 0 Å². The largest absolute Gasteiger partial charge is 0.198 e. The van der Waals surface area contributed by atoms with Gasteiger partial charge in [-0.3, -0.25) is 0 Å². The van der Waals surface area contributed by atoms with Crippen molar-refractivity contribution >= 4 is 0 Å². The first kappa shape index (κ1) is 11.4. The van der Waals surface area contributed by atoms with E-state index in [1.165, 1.54) is 11.1 Å². The molecule has 0 bridgehead atoms. The molecule has 0 spiro atoms. The van der Waals surface area contributed by atoms with Crippen LogP contribution in [0.15, 0.2) is 48.5 Å². The second kappa shape index (κ2) is 5.32. The molecule has 2 rings (SSSR count). The molecule has 84 valence electrons. The molecule has 0 aliphatic rings. The van der Waals surface area contributed by atoms with Gasteiger partial charge in [0, 0.05) is 0 Å². The number of nitrogens with zero attached hydrogens (tertiary/aromatic N) is 1. The summed E-state index contributed by atoms with van der Waals surface area (Å²) < 4.78 is 0. The zero-order chi connectivity index (χ0) is 12.1. The fourth-order valence-corrected chi connectivity index (χ4v) is 1.96. The maximum atomic E-state index is 8.82. The second-order valence-corrected chi connectivity index (χ2v) is 4.04. The van der Waals surface area contributed by atoms with Crippen molar-refractivity contribution in [2.24, 2.45) is 0 Å². The van der Waals surface area contributed by atoms with Crippen LogP contribution in [0.4, 0.5) is 0 Å². The molecule has 0 saturated heterocycles. The molecule has 17 heavy (non-hydrogen) atoms. The van der Waals surface area contributed by atoms with Gasteiger partial charge in [-0.05, 0) is 28.7 Å². The first-order valence-corrected chi connectivity index (χ1v) is 5.89. The molecule has 0 fully saturated rings. The molecule has 0 N–H and O–H groups in total. The molecule has 0 atom stereocenters. The maximum absolute atomic E-state index is 8.82. The van der Waals surface area contributed by atoms with Crippen LogP contribution in [0.5, 0.6) is 0 Å². The van der Waals surface area contributed by atoms with Crippen LogP contribution in [0, 0.1) is 11.3 Å². The number of benzene rings is 2. The third-order valence-electron chi connectivity index (χ3n) is 2.96. The van der Waals surface area contributed by atoms with E-state index in [-0.39, 0.29) is 0 Å². The van der Waals surface area contributed by atoms with Crippen LogP contribution in [0.2, 0.25) is 0 Å². The summed E-state index contributed by atoms with van der Waals surface area (Å²) in [4.78, 5) is 0. The second-order valence-electron chi connectivity index (χ2n) is 4.04. The molecule has 0 unspecified atom stereocenters. The van der Waals surface area contributed by atoms with E-state index in [0.29, 0.717) is 6.42 Å². The van der Waals surface area contributed by atoms with E-state index >= 15 is 0 Å². The summed E-state index contributed by atoms with van der Waals surface area (Å²) >= 11 is 0. The van der Waals surface area contributed by atoms with Crippen LogP contribution in [0.1, 0.15) is 18.1 Å². The zero-order valence-corrected chi connectivity index (χ0v) is 9.98. The molecular formula is C16H15N. The number of nitriles is 1. The Morgan fingerprint density at radius 1 is 1.00 bits per heavy atom. The highest BCUT2D eigenvalue weighted by atomic mass is 14.2. The Kier molecular flexibility index (Phi) is 3.57. The van der Waals surface area contributed by atoms with Crippen LogP contribution in [-0.4, -0.2) is 0 Å². The Bertz CT molecular complexity index is 532. The zero-order valence-electron chi connectivity index (χ0n) is 9.98. The van der Waals surface area contributed by atoms with Crippen molar-refractivity contribution in [3.05, 3.63) is 59.7 Å². The Morgan fingerprint density at radius 2 is 1.71 bits per heavy atom. The minimum atomic E-state index is 0.464. The van der Waals surface area contributed by atoms with E-state index in [2.05, 4.69) is 43.3 Å². The molecule has 1 nitrogen and oxygen atoms in total. The lowest BCUT2D eigenvalue weighted by Crippen LogP contribution is -1.88. The normalized spacial score (nSPS) is 9.88. The van der Waals surface area contributed by atoms with Crippen molar-refractivity contribution in [3.63, 3.8) is 0 Å².